The Bertz CT molecular complexity index is 406. The first kappa shape index (κ1) is 6.68. The Balaban J connectivity index is 2.83. The third-order valence-corrected chi connectivity index (χ3v) is 1.94. The Labute approximate surface area is 70.1 Å². The molecule has 1 aromatic carbocycles. The molecular weight excluding hydrogens is 154 g/mol. The molecule has 1 heterocycles. The molecule has 0 radical (unpaired) electrons. The molecule has 0 N–H and O–H groups in total. The van der Waals surface area contributed by atoms with Gasteiger partial charge < -0.3 is 0 Å². The molecule has 0 amide bonds. The van der Waals surface area contributed by atoms with Crippen LogP contribution >= 0.6 is 12.2 Å². The average molecular weight is 161 g/mol. The van der Waals surface area contributed by atoms with Gasteiger partial charge in [-0.1, -0.05) is 36.5 Å². The summed E-state index contributed by atoms with van der Waals surface area (Å²) in [6.07, 6.45) is 2.93. The molecule has 1 aromatic rings. The summed E-state index contributed by atoms with van der Waals surface area (Å²) in [5.41, 5.74) is 0. The maximum atomic E-state index is 4.98. The van der Waals surface area contributed by atoms with Crippen LogP contribution in [-0.4, -0.2) is 4.99 Å². The van der Waals surface area contributed by atoms with Crippen molar-refractivity contribution in [1.29, 1.82) is 0 Å². The van der Waals surface area contributed by atoms with E-state index in [9.17, 15) is 0 Å². The van der Waals surface area contributed by atoms with Crippen molar-refractivity contribution >= 4 is 23.3 Å². The lowest BCUT2D eigenvalue weighted by atomic mass is 10.2. The highest BCUT2D eigenvalue weighted by atomic mass is 32.1. The molecule has 2 rings (SSSR count). The Hall–Kier alpha value is -1.02. The van der Waals surface area contributed by atoms with Gasteiger partial charge in [0, 0.05) is 6.42 Å². The van der Waals surface area contributed by atoms with Crippen molar-refractivity contribution in [3.63, 3.8) is 0 Å². The van der Waals surface area contributed by atoms with Gasteiger partial charge in [-0.2, -0.15) is 0 Å². The van der Waals surface area contributed by atoms with Crippen molar-refractivity contribution < 1.29 is 0 Å². The SMILES string of the molecule is S=C1CC=c2ccccc2=N1. The van der Waals surface area contributed by atoms with Crippen molar-refractivity contribution in [2.24, 2.45) is 4.99 Å². The molecule has 0 fully saturated rings. The van der Waals surface area contributed by atoms with Crippen molar-refractivity contribution in [3.8, 4) is 0 Å². The van der Waals surface area contributed by atoms with Crippen LogP contribution in [0.25, 0.3) is 6.08 Å². The van der Waals surface area contributed by atoms with E-state index in [4.69, 9.17) is 12.2 Å². The van der Waals surface area contributed by atoms with E-state index in [1.54, 1.807) is 0 Å². The van der Waals surface area contributed by atoms with Crippen LogP contribution in [-0.2, 0) is 0 Å². The number of benzene rings is 1. The number of para-hydroxylation sites is 1. The van der Waals surface area contributed by atoms with Gasteiger partial charge in [0.25, 0.3) is 0 Å². The standard InChI is InChI=1S/C9H7NS/c11-9-6-5-7-3-1-2-4-8(7)10-9/h1-5H,6H2. The molecule has 2 heteroatoms. The van der Waals surface area contributed by atoms with E-state index >= 15 is 0 Å². The third kappa shape index (κ3) is 1.21. The van der Waals surface area contributed by atoms with E-state index in [2.05, 4.69) is 17.1 Å². The highest BCUT2D eigenvalue weighted by Crippen LogP contribution is 1.91. The fraction of sp³-hybridized carbons (Fsp3) is 0.111. The van der Waals surface area contributed by atoms with E-state index in [0.29, 0.717) is 0 Å². The van der Waals surface area contributed by atoms with Gasteiger partial charge in [-0.05, 0) is 11.3 Å². The molecule has 0 aromatic heterocycles. The van der Waals surface area contributed by atoms with E-state index in [1.165, 1.54) is 5.22 Å². The second-order valence-corrected chi connectivity index (χ2v) is 2.94. The lowest BCUT2D eigenvalue weighted by Crippen LogP contribution is -2.28. The lowest BCUT2D eigenvalue weighted by Gasteiger charge is -1.98. The average Bonchev–Trinajstić information content (AvgIpc) is 2.04. The summed E-state index contributed by atoms with van der Waals surface area (Å²) in [6.45, 7) is 0. The highest BCUT2D eigenvalue weighted by Gasteiger charge is 1.96. The maximum Gasteiger partial charge on any atom is 0.107 e. The fourth-order valence-corrected chi connectivity index (χ4v) is 1.32. The van der Waals surface area contributed by atoms with Gasteiger partial charge in [-0.25, -0.2) is 4.99 Å². The van der Waals surface area contributed by atoms with Crippen molar-refractivity contribution in [2.45, 2.75) is 6.42 Å². The predicted octanol–water partition coefficient (Wildman–Crippen LogP) is 0.818. The minimum absolute atomic E-state index is 0.781. The summed E-state index contributed by atoms with van der Waals surface area (Å²) >= 11 is 4.98. The largest absolute Gasteiger partial charge is 0.241 e. The topological polar surface area (TPSA) is 12.4 Å². The zero-order valence-electron chi connectivity index (χ0n) is 5.95. The second-order valence-electron chi connectivity index (χ2n) is 2.47. The van der Waals surface area contributed by atoms with Gasteiger partial charge in [0.1, 0.15) is 4.99 Å². The second kappa shape index (κ2) is 2.55. The Morgan fingerprint density at radius 1 is 1.27 bits per heavy atom. The molecular formula is C9H7NS. The summed E-state index contributed by atoms with van der Waals surface area (Å²) < 4.78 is 0. The lowest BCUT2D eigenvalue weighted by molar-refractivity contribution is 1.29. The van der Waals surface area contributed by atoms with Crippen LogP contribution in [0.15, 0.2) is 29.3 Å². The van der Waals surface area contributed by atoms with Gasteiger partial charge >= 0.3 is 0 Å². The summed E-state index contributed by atoms with van der Waals surface area (Å²) in [4.78, 5) is 5.03. The van der Waals surface area contributed by atoms with Crippen LogP contribution < -0.4 is 10.6 Å². The normalized spacial score (nSPS) is 14.7. The summed E-state index contributed by atoms with van der Waals surface area (Å²) in [7, 11) is 0. The van der Waals surface area contributed by atoms with Crippen molar-refractivity contribution in [2.75, 3.05) is 0 Å². The van der Waals surface area contributed by atoms with E-state index < -0.39 is 0 Å². The molecule has 0 bridgehead atoms. The number of nitrogens with zero attached hydrogens (tertiary/aromatic N) is 1. The smallest absolute Gasteiger partial charge is 0.107 e. The Morgan fingerprint density at radius 2 is 2.09 bits per heavy atom. The van der Waals surface area contributed by atoms with Crippen molar-refractivity contribution in [3.05, 3.63) is 34.8 Å². The number of thiocarbonyl (C=S) groups is 1. The van der Waals surface area contributed by atoms with E-state index in [1.807, 2.05) is 18.2 Å². The molecule has 0 saturated carbocycles. The summed E-state index contributed by atoms with van der Waals surface area (Å²) in [6, 6.07) is 8.03. The summed E-state index contributed by atoms with van der Waals surface area (Å²) in [5.74, 6) is 0. The number of fused-ring (bicyclic) bond motifs is 1. The first-order valence-electron chi connectivity index (χ1n) is 3.53. The molecule has 1 aliphatic rings. The molecule has 0 saturated heterocycles. The Kier molecular flexibility index (Phi) is 1.55. The molecule has 54 valence electrons. The van der Waals surface area contributed by atoms with Crippen molar-refractivity contribution in [1.82, 2.24) is 0 Å². The molecule has 0 spiro atoms. The molecule has 11 heavy (non-hydrogen) atoms. The van der Waals surface area contributed by atoms with E-state index in [0.717, 1.165) is 16.8 Å². The number of rotatable bonds is 0. The minimum Gasteiger partial charge on any atom is -0.241 e. The maximum absolute atomic E-state index is 4.98. The summed E-state index contributed by atoms with van der Waals surface area (Å²) in [5, 5.41) is 2.20. The molecule has 0 aliphatic carbocycles. The first-order chi connectivity index (χ1) is 5.36. The quantitative estimate of drug-likeness (QED) is 0.513. The highest BCUT2D eigenvalue weighted by molar-refractivity contribution is 7.80. The Morgan fingerprint density at radius 3 is 3.00 bits per heavy atom. The van der Waals surface area contributed by atoms with E-state index in [-0.39, 0.29) is 0 Å². The third-order valence-electron chi connectivity index (χ3n) is 1.68. The molecule has 0 atom stereocenters. The minimum atomic E-state index is 0.781. The van der Waals surface area contributed by atoms with Gasteiger partial charge in [0.2, 0.25) is 0 Å². The molecule has 0 unspecified atom stereocenters. The molecule has 1 nitrogen and oxygen atoms in total. The van der Waals surface area contributed by atoms with Gasteiger partial charge in [-0.3, -0.25) is 0 Å². The first-order valence-corrected chi connectivity index (χ1v) is 3.94. The molecule has 1 aliphatic heterocycles. The number of hydrogen-bond donors (Lipinski definition) is 0. The van der Waals surface area contributed by atoms with Gasteiger partial charge in [0.15, 0.2) is 0 Å². The monoisotopic (exact) mass is 161 g/mol. The van der Waals surface area contributed by atoms with Crippen LogP contribution in [0, 0.1) is 0 Å². The zero-order chi connectivity index (χ0) is 7.68. The van der Waals surface area contributed by atoms with Gasteiger partial charge in [-0.15, -0.1) is 0 Å². The fourth-order valence-electron chi connectivity index (χ4n) is 1.14. The van der Waals surface area contributed by atoms with Crippen LogP contribution in [0.3, 0.4) is 0 Å². The zero-order valence-corrected chi connectivity index (χ0v) is 6.77. The van der Waals surface area contributed by atoms with Gasteiger partial charge in [0.05, 0.1) is 5.36 Å². The van der Waals surface area contributed by atoms with Crippen LogP contribution in [0.4, 0.5) is 0 Å². The van der Waals surface area contributed by atoms with Crippen LogP contribution in [0.1, 0.15) is 6.42 Å². The van der Waals surface area contributed by atoms with Crippen LogP contribution in [0.5, 0.6) is 0 Å². The predicted molar refractivity (Wildman–Crippen MR) is 48.9 cm³/mol. The van der Waals surface area contributed by atoms with Crippen LogP contribution in [0.2, 0.25) is 0 Å². The number of hydrogen-bond acceptors (Lipinski definition) is 1.